The Labute approximate surface area is 163 Å². The smallest absolute Gasteiger partial charge is 0.274 e. The third kappa shape index (κ3) is 3.38. The molecule has 1 aliphatic rings. The summed E-state index contributed by atoms with van der Waals surface area (Å²) in [6.07, 6.45) is 2.55. The van der Waals surface area contributed by atoms with Crippen LogP contribution < -0.4 is 10.2 Å². The Hall–Kier alpha value is -2.92. The Kier molecular flexibility index (Phi) is 4.54. The van der Waals surface area contributed by atoms with Crippen molar-refractivity contribution in [1.82, 2.24) is 9.97 Å². The van der Waals surface area contributed by atoms with Gasteiger partial charge in [0.25, 0.3) is 5.91 Å². The van der Waals surface area contributed by atoms with Crippen LogP contribution in [0.15, 0.2) is 48.7 Å². The summed E-state index contributed by atoms with van der Waals surface area (Å²) >= 11 is 6.30. The minimum atomic E-state index is -0.306. The van der Waals surface area contributed by atoms with Crippen LogP contribution in [0.4, 0.5) is 17.3 Å². The van der Waals surface area contributed by atoms with E-state index < -0.39 is 0 Å². The Morgan fingerprint density at radius 3 is 2.81 bits per heavy atom. The van der Waals surface area contributed by atoms with Crippen molar-refractivity contribution in [3.63, 3.8) is 0 Å². The lowest BCUT2D eigenvalue weighted by Crippen LogP contribution is -2.20. The zero-order valence-corrected chi connectivity index (χ0v) is 15.9. The van der Waals surface area contributed by atoms with Gasteiger partial charge < -0.3 is 10.2 Å². The number of nitrogens with zero attached hydrogens (tertiary/aromatic N) is 3. The number of carbonyl (C=O) groups excluding carboxylic acids is 1. The van der Waals surface area contributed by atoms with Crippen molar-refractivity contribution in [3.05, 3.63) is 76.1 Å². The highest BCUT2D eigenvalue weighted by molar-refractivity contribution is 6.34. The Morgan fingerprint density at radius 2 is 2.00 bits per heavy atom. The van der Waals surface area contributed by atoms with E-state index in [4.69, 9.17) is 11.6 Å². The molecule has 0 bridgehead atoms. The lowest BCUT2D eigenvalue weighted by Gasteiger charge is -2.17. The highest BCUT2D eigenvalue weighted by Gasteiger charge is 2.23. The minimum Gasteiger partial charge on any atom is -0.319 e. The molecule has 0 fully saturated rings. The van der Waals surface area contributed by atoms with E-state index in [9.17, 15) is 4.79 Å². The first-order valence-electron chi connectivity index (χ1n) is 8.79. The van der Waals surface area contributed by atoms with E-state index in [1.165, 1.54) is 5.56 Å². The summed E-state index contributed by atoms with van der Waals surface area (Å²) < 4.78 is 0. The van der Waals surface area contributed by atoms with E-state index in [1.807, 2.05) is 49.1 Å². The molecule has 1 aliphatic heterocycles. The van der Waals surface area contributed by atoms with Gasteiger partial charge in [-0.2, -0.15) is 0 Å². The van der Waals surface area contributed by atoms with Crippen LogP contribution in [0.25, 0.3) is 0 Å². The van der Waals surface area contributed by atoms with Crippen LogP contribution in [0.5, 0.6) is 0 Å². The molecule has 0 spiro atoms. The number of rotatable bonds is 3. The second kappa shape index (κ2) is 7.00. The van der Waals surface area contributed by atoms with E-state index in [0.29, 0.717) is 22.4 Å². The lowest BCUT2D eigenvalue weighted by molar-refractivity contribution is 0.102. The maximum absolute atomic E-state index is 12.7. The summed E-state index contributed by atoms with van der Waals surface area (Å²) in [7, 11) is 0. The van der Waals surface area contributed by atoms with E-state index in [1.54, 1.807) is 12.3 Å². The van der Waals surface area contributed by atoms with E-state index in [-0.39, 0.29) is 5.91 Å². The van der Waals surface area contributed by atoms with E-state index in [0.717, 1.165) is 29.8 Å². The second-order valence-electron chi connectivity index (χ2n) is 6.66. The van der Waals surface area contributed by atoms with Gasteiger partial charge in [0.1, 0.15) is 5.69 Å². The number of amides is 1. The Morgan fingerprint density at radius 1 is 1.19 bits per heavy atom. The summed E-state index contributed by atoms with van der Waals surface area (Å²) in [5.74, 6) is 0.222. The van der Waals surface area contributed by atoms with Crippen LogP contribution >= 0.6 is 11.6 Å². The SMILES string of the molecule is Cc1cc(C)c(NC(=O)c2ccnc(N3CCc4ccccc43)n2)c(Cl)c1. The Bertz CT molecular complexity index is 1010. The predicted molar refractivity (Wildman–Crippen MR) is 108 cm³/mol. The monoisotopic (exact) mass is 378 g/mol. The summed E-state index contributed by atoms with van der Waals surface area (Å²) in [6.45, 7) is 4.68. The molecular weight excluding hydrogens is 360 g/mol. The molecule has 136 valence electrons. The van der Waals surface area contributed by atoms with E-state index >= 15 is 0 Å². The highest BCUT2D eigenvalue weighted by Crippen LogP contribution is 2.32. The number of aromatic nitrogens is 2. The minimum absolute atomic E-state index is 0.306. The van der Waals surface area contributed by atoms with Gasteiger partial charge in [-0.25, -0.2) is 9.97 Å². The van der Waals surface area contributed by atoms with Gasteiger partial charge in [0, 0.05) is 18.4 Å². The number of anilines is 3. The van der Waals surface area contributed by atoms with Crippen molar-refractivity contribution in [1.29, 1.82) is 0 Å². The standard InChI is InChI=1S/C21H19ClN4O/c1-13-11-14(2)19(16(22)12-13)25-20(27)17-7-9-23-21(24-17)26-10-8-15-5-3-4-6-18(15)26/h3-7,9,11-12H,8,10H2,1-2H3,(H,25,27). The molecule has 0 unspecified atom stereocenters. The van der Waals surface area contributed by atoms with Crippen LogP contribution in [-0.2, 0) is 6.42 Å². The van der Waals surface area contributed by atoms with Crippen molar-refractivity contribution in [2.24, 2.45) is 0 Å². The van der Waals surface area contributed by atoms with Gasteiger partial charge in [-0.05, 0) is 55.2 Å². The number of benzene rings is 2. The van der Waals surface area contributed by atoms with Gasteiger partial charge in [-0.15, -0.1) is 0 Å². The fourth-order valence-corrected chi connectivity index (χ4v) is 3.77. The third-order valence-electron chi connectivity index (χ3n) is 4.67. The molecule has 1 amide bonds. The maximum atomic E-state index is 12.7. The van der Waals surface area contributed by atoms with Crippen LogP contribution in [0.1, 0.15) is 27.2 Å². The molecule has 6 heteroatoms. The summed E-state index contributed by atoms with van der Waals surface area (Å²) in [5, 5.41) is 3.40. The van der Waals surface area contributed by atoms with Crippen molar-refractivity contribution >= 4 is 34.8 Å². The van der Waals surface area contributed by atoms with Gasteiger partial charge in [0.15, 0.2) is 0 Å². The number of nitrogens with one attached hydrogen (secondary N) is 1. The first-order chi connectivity index (χ1) is 13.0. The van der Waals surface area contributed by atoms with Gasteiger partial charge >= 0.3 is 0 Å². The van der Waals surface area contributed by atoms with Crippen molar-refractivity contribution in [3.8, 4) is 0 Å². The van der Waals surface area contributed by atoms with Gasteiger partial charge in [0.2, 0.25) is 5.95 Å². The zero-order valence-electron chi connectivity index (χ0n) is 15.2. The molecule has 5 nitrogen and oxygen atoms in total. The van der Waals surface area contributed by atoms with Crippen molar-refractivity contribution in [2.75, 3.05) is 16.8 Å². The fourth-order valence-electron chi connectivity index (χ4n) is 3.40. The second-order valence-corrected chi connectivity index (χ2v) is 7.07. The molecular formula is C21H19ClN4O. The van der Waals surface area contributed by atoms with Crippen molar-refractivity contribution in [2.45, 2.75) is 20.3 Å². The van der Waals surface area contributed by atoms with Crippen LogP contribution in [0, 0.1) is 13.8 Å². The molecule has 0 atom stereocenters. The summed E-state index contributed by atoms with van der Waals surface area (Å²) in [6, 6.07) is 13.6. The number of aryl methyl sites for hydroxylation is 2. The number of halogens is 1. The number of hydrogen-bond acceptors (Lipinski definition) is 4. The maximum Gasteiger partial charge on any atom is 0.274 e. The topological polar surface area (TPSA) is 58.1 Å². The first kappa shape index (κ1) is 17.5. The Balaban J connectivity index is 1.61. The largest absolute Gasteiger partial charge is 0.319 e. The highest BCUT2D eigenvalue weighted by atomic mass is 35.5. The van der Waals surface area contributed by atoms with E-state index in [2.05, 4.69) is 21.4 Å². The number of fused-ring (bicyclic) bond motifs is 1. The third-order valence-corrected chi connectivity index (χ3v) is 4.97. The molecule has 0 saturated carbocycles. The van der Waals surface area contributed by atoms with Crippen LogP contribution in [-0.4, -0.2) is 22.4 Å². The molecule has 3 aromatic rings. The molecule has 1 N–H and O–H groups in total. The average Bonchev–Trinajstić information content (AvgIpc) is 3.09. The van der Waals surface area contributed by atoms with Crippen molar-refractivity contribution < 1.29 is 4.79 Å². The number of para-hydroxylation sites is 1. The molecule has 27 heavy (non-hydrogen) atoms. The average molecular weight is 379 g/mol. The summed E-state index contributed by atoms with van der Waals surface area (Å²) in [5.41, 5.74) is 5.23. The van der Waals surface area contributed by atoms with Crippen LogP contribution in [0.2, 0.25) is 5.02 Å². The van der Waals surface area contributed by atoms with Gasteiger partial charge in [0.05, 0.1) is 10.7 Å². The lowest BCUT2D eigenvalue weighted by atomic mass is 10.1. The molecule has 4 rings (SSSR count). The quantitative estimate of drug-likeness (QED) is 0.718. The molecule has 2 heterocycles. The fraction of sp³-hybridized carbons (Fsp3) is 0.190. The molecule has 2 aromatic carbocycles. The predicted octanol–water partition coefficient (Wildman–Crippen LogP) is 4.69. The number of hydrogen-bond donors (Lipinski definition) is 1. The van der Waals surface area contributed by atoms with Crippen LogP contribution in [0.3, 0.4) is 0 Å². The molecule has 0 radical (unpaired) electrons. The normalized spacial score (nSPS) is 12.8. The van der Waals surface area contributed by atoms with Gasteiger partial charge in [-0.1, -0.05) is 35.9 Å². The molecule has 1 aromatic heterocycles. The summed E-state index contributed by atoms with van der Waals surface area (Å²) in [4.78, 5) is 23.6. The first-order valence-corrected chi connectivity index (χ1v) is 9.17. The molecule has 0 aliphatic carbocycles. The molecule has 0 saturated heterocycles. The zero-order chi connectivity index (χ0) is 19.0. The number of carbonyl (C=O) groups is 1. The van der Waals surface area contributed by atoms with Gasteiger partial charge in [-0.3, -0.25) is 4.79 Å².